The van der Waals surface area contributed by atoms with E-state index in [4.69, 9.17) is 5.73 Å². The van der Waals surface area contributed by atoms with Crippen molar-refractivity contribution < 1.29 is 12.8 Å². The highest BCUT2D eigenvalue weighted by Crippen LogP contribution is 2.27. The summed E-state index contributed by atoms with van der Waals surface area (Å²) < 4.78 is 40.5. The molecule has 2 rings (SSSR count). The zero-order chi connectivity index (χ0) is 15.8. The minimum atomic E-state index is -3.87. The van der Waals surface area contributed by atoms with Crippen LogP contribution >= 0.6 is 27.3 Å². The van der Waals surface area contributed by atoms with E-state index in [2.05, 4.69) is 25.6 Å². The molecule has 0 aliphatic carbocycles. The summed E-state index contributed by atoms with van der Waals surface area (Å²) in [6.45, 7) is 3.51. The fraction of sp³-hybridized carbons (Fsp3) is 0.250. The van der Waals surface area contributed by atoms with Gasteiger partial charge in [-0.1, -0.05) is 0 Å². The van der Waals surface area contributed by atoms with Gasteiger partial charge in [-0.05, 0) is 41.9 Å². The van der Waals surface area contributed by atoms with Crippen LogP contribution in [0.4, 0.5) is 10.1 Å². The molecule has 1 heterocycles. The summed E-state index contributed by atoms with van der Waals surface area (Å²) in [4.78, 5) is 4.06. The molecule has 0 fully saturated rings. The first-order valence-corrected chi connectivity index (χ1v) is 9.05. The van der Waals surface area contributed by atoms with Gasteiger partial charge in [-0.3, -0.25) is 0 Å². The van der Waals surface area contributed by atoms with E-state index in [9.17, 15) is 12.8 Å². The largest absolute Gasteiger partial charge is 0.398 e. The third-order valence-corrected chi connectivity index (χ3v) is 6.03. The maximum Gasteiger partial charge on any atom is 0.243 e. The summed E-state index contributed by atoms with van der Waals surface area (Å²) in [6, 6.07) is 1.61. The second-order valence-electron chi connectivity index (χ2n) is 4.47. The highest BCUT2D eigenvalue weighted by molar-refractivity contribution is 9.10. The Morgan fingerprint density at radius 3 is 2.71 bits per heavy atom. The van der Waals surface area contributed by atoms with Crippen LogP contribution in [-0.2, 0) is 10.0 Å². The van der Waals surface area contributed by atoms with Crippen LogP contribution < -0.4 is 10.5 Å². The molecule has 0 aliphatic heterocycles. The molecule has 2 aromatic rings. The number of halogens is 2. The van der Waals surface area contributed by atoms with Crippen LogP contribution in [0.3, 0.4) is 0 Å². The normalized spacial score (nSPS) is 13.3. The number of nitrogens with one attached hydrogen (secondary N) is 1. The van der Waals surface area contributed by atoms with E-state index in [1.54, 1.807) is 6.92 Å². The summed E-state index contributed by atoms with van der Waals surface area (Å²) >= 11 is 4.32. The van der Waals surface area contributed by atoms with Crippen molar-refractivity contribution in [3.63, 3.8) is 0 Å². The first-order chi connectivity index (χ1) is 9.70. The Hall–Kier alpha value is -1.03. The van der Waals surface area contributed by atoms with Crippen molar-refractivity contribution in [2.24, 2.45) is 0 Å². The van der Waals surface area contributed by atoms with Crippen LogP contribution in [0.25, 0.3) is 0 Å². The molecule has 1 unspecified atom stereocenters. The summed E-state index contributed by atoms with van der Waals surface area (Å²) in [5.74, 6) is -0.616. The number of rotatable bonds is 4. The number of nitrogen functional groups attached to an aromatic ring is 1. The van der Waals surface area contributed by atoms with E-state index in [1.165, 1.54) is 11.3 Å². The summed E-state index contributed by atoms with van der Waals surface area (Å²) in [5.41, 5.74) is 6.28. The van der Waals surface area contributed by atoms with Gasteiger partial charge in [-0.15, -0.1) is 11.3 Å². The number of anilines is 1. The van der Waals surface area contributed by atoms with Gasteiger partial charge in [0.25, 0.3) is 0 Å². The first kappa shape index (κ1) is 16.3. The lowest BCUT2D eigenvalue weighted by Crippen LogP contribution is -2.27. The highest BCUT2D eigenvalue weighted by Gasteiger charge is 2.23. The van der Waals surface area contributed by atoms with Crippen molar-refractivity contribution in [3.05, 3.63) is 38.5 Å². The van der Waals surface area contributed by atoms with Gasteiger partial charge in [-0.25, -0.2) is 22.5 Å². The Morgan fingerprint density at radius 2 is 2.14 bits per heavy atom. The van der Waals surface area contributed by atoms with E-state index in [-0.39, 0.29) is 15.1 Å². The van der Waals surface area contributed by atoms with Gasteiger partial charge in [0.05, 0.1) is 16.2 Å². The zero-order valence-corrected chi connectivity index (χ0v) is 14.4. The standard InChI is InChI=1S/C12H13BrFN3O2S2/c1-6-5-20-12(16-6)7(2)17-21(18,19)11-3-8(13)9(14)4-10(11)15/h3-5,7,17H,15H2,1-2H3. The molecular formula is C12H13BrFN3O2S2. The second kappa shape index (κ2) is 5.99. The minimum absolute atomic E-state index is 0.0369. The predicted molar refractivity (Wildman–Crippen MR) is 84.1 cm³/mol. The summed E-state index contributed by atoms with van der Waals surface area (Å²) in [7, 11) is -3.87. The molecule has 9 heteroatoms. The van der Waals surface area contributed by atoms with Crippen molar-refractivity contribution in [2.75, 3.05) is 5.73 Å². The van der Waals surface area contributed by atoms with E-state index >= 15 is 0 Å². The predicted octanol–water partition coefficient (Wildman–Crippen LogP) is 2.97. The average molecular weight is 394 g/mol. The Kier molecular flexibility index (Phi) is 4.66. The molecule has 0 bridgehead atoms. The average Bonchev–Trinajstić information content (AvgIpc) is 2.80. The molecule has 1 atom stereocenters. The van der Waals surface area contributed by atoms with Crippen LogP contribution in [0.2, 0.25) is 0 Å². The Balaban J connectivity index is 2.32. The SMILES string of the molecule is Cc1csc(C(C)NS(=O)(=O)c2cc(Br)c(F)cc2N)n1. The van der Waals surface area contributed by atoms with Crippen molar-refractivity contribution in [1.82, 2.24) is 9.71 Å². The van der Waals surface area contributed by atoms with Gasteiger partial charge >= 0.3 is 0 Å². The van der Waals surface area contributed by atoms with Gasteiger partial charge < -0.3 is 5.73 Å². The van der Waals surface area contributed by atoms with Crippen LogP contribution in [0, 0.1) is 12.7 Å². The molecule has 0 saturated heterocycles. The topological polar surface area (TPSA) is 85.1 Å². The van der Waals surface area contributed by atoms with E-state index in [1.807, 2.05) is 12.3 Å². The molecule has 0 radical (unpaired) electrons. The van der Waals surface area contributed by atoms with Crippen molar-refractivity contribution in [3.8, 4) is 0 Å². The third kappa shape index (κ3) is 3.60. The van der Waals surface area contributed by atoms with Crippen LogP contribution in [-0.4, -0.2) is 13.4 Å². The summed E-state index contributed by atoms with van der Waals surface area (Å²) in [5, 5.41) is 2.49. The van der Waals surface area contributed by atoms with Gasteiger partial charge in [0, 0.05) is 11.1 Å². The van der Waals surface area contributed by atoms with Gasteiger partial charge in [0.15, 0.2) is 0 Å². The second-order valence-corrected chi connectivity index (χ2v) is 7.90. The maximum atomic E-state index is 13.3. The zero-order valence-electron chi connectivity index (χ0n) is 11.2. The van der Waals surface area contributed by atoms with Crippen LogP contribution in [0.15, 0.2) is 26.9 Å². The number of hydrogen-bond acceptors (Lipinski definition) is 5. The number of hydrogen-bond donors (Lipinski definition) is 2. The Labute approximate surface area is 134 Å². The van der Waals surface area contributed by atoms with E-state index in [0.717, 1.165) is 17.8 Å². The van der Waals surface area contributed by atoms with Crippen molar-refractivity contribution in [1.29, 1.82) is 0 Å². The number of benzene rings is 1. The fourth-order valence-electron chi connectivity index (χ4n) is 1.69. The Morgan fingerprint density at radius 1 is 1.48 bits per heavy atom. The highest BCUT2D eigenvalue weighted by atomic mass is 79.9. The maximum absolute atomic E-state index is 13.3. The number of thiazole rings is 1. The molecule has 1 aromatic carbocycles. The van der Waals surface area contributed by atoms with Gasteiger partial charge in [0.1, 0.15) is 15.7 Å². The molecule has 114 valence electrons. The molecule has 0 aliphatic rings. The summed E-state index contributed by atoms with van der Waals surface area (Å²) in [6.07, 6.45) is 0. The molecular weight excluding hydrogens is 381 g/mol. The number of nitrogens with two attached hydrogens (primary N) is 1. The Bertz CT molecular complexity index is 777. The number of aryl methyl sites for hydroxylation is 1. The quantitative estimate of drug-likeness (QED) is 0.781. The lowest BCUT2D eigenvalue weighted by molar-refractivity contribution is 0.565. The van der Waals surface area contributed by atoms with Gasteiger partial charge in [0.2, 0.25) is 10.0 Å². The third-order valence-electron chi connectivity index (χ3n) is 2.68. The monoisotopic (exact) mass is 393 g/mol. The molecule has 3 N–H and O–H groups in total. The molecule has 5 nitrogen and oxygen atoms in total. The first-order valence-electron chi connectivity index (χ1n) is 5.89. The van der Waals surface area contributed by atoms with Crippen molar-refractivity contribution >= 4 is 43.0 Å². The lowest BCUT2D eigenvalue weighted by Gasteiger charge is -2.14. The van der Waals surface area contributed by atoms with E-state index < -0.39 is 21.9 Å². The van der Waals surface area contributed by atoms with E-state index in [0.29, 0.717) is 5.01 Å². The molecule has 1 aromatic heterocycles. The molecule has 21 heavy (non-hydrogen) atoms. The molecule has 0 spiro atoms. The van der Waals surface area contributed by atoms with Crippen molar-refractivity contribution in [2.45, 2.75) is 24.8 Å². The number of sulfonamides is 1. The van der Waals surface area contributed by atoms with Crippen LogP contribution in [0.5, 0.6) is 0 Å². The number of aromatic nitrogens is 1. The van der Waals surface area contributed by atoms with Crippen LogP contribution in [0.1, 0.15) is 23.7 Å². The smallest absolute Gasteiger partial charge is 0.243 e. The fourth-order valence-corrected chi connectivity index (χ4v) is 4.41. The lowest BCUT2D eigenvalue weighted by atomic mass is 10.3. The molecule has 0 amide bonds. The van der Waals surface area contributed by atoms with Gasteiger partial charge in [-0.2, -0.15) is 0 Å². The minimum Gasteiger partial charge on any atom is -0.398 e. The number of nitrogens with zero attached hydrogens (tertiary/aromatic N) is 1. The molecule has 0 saturated carbocycles.